The van der Waals surface area contributed by atoms with Crippen LogP contribution >= 0.6 is 11.6 Å². The standard InChI is InChI=1S/C21H20ClN5O2.CH2O2/c22-14-6-12(7-16-19(14)29-21(23)26-16)20-25-15-8-13(24-10-11-2-3-11)9-17-18(15)27(20)4-1-5-28-17;2-1-3/h6-9,11,24H,1-5,10H2,(H2,23,26);1H,(H,2,3). The summed E-state index contributed by atoms with van der Waals surface area (Å²) >= 11 is 6.44. The van der Waals surface area contributed by atoms with Gasteiger partial charge in [0.15, 0.2) is 5.58 Å². The number of nitrogen functional groups attached to an aromatic ring is 1. The number of carboxylic acid groups (broad SMARTS) is 1. The van der Waals surface area contributed by atoms with Gasteiger partial charge in [-0.3, -0.25) is 4.79 Å². The molecule has 4 N–H and O–H groups in total. The molecule has 2 aliphatic rings. The van der Waals surface area contributed by atoms with E-state index in [1.807, 2.05) is 12.1 Å². The van der Waals surface area contributed by atoms with Gasteiger partial charge in [-0.15, -0.1) is 0 Å². The number of benzene rings is 2. The maximum Gasteiger partial charge on any atom is 0.293 e. The zero-order valence-electron chi connectivity index (χ0n) is 17.2. The van der Waals surface area contributed by atoms with Crippen LogP contribution in [-0.2, 0) is 11.3 Å². The first kappa shape index (κ1) is 20.4. The second-order valence-electron chi connectivity index (χ2n) is 7.92. The fourth-order valence-corrected chi connectivity index (χ4v) is 4.26. The highest BCUT2D eigenvalue weighted by molar-refractivity contribution is 6.35. The molecular formula is C22H22ClN5O4. The molecule has 0 amide bonds. The van der Waals surface area contributed by atoms with E-state index in [0.717, 1.165) is 59.3 Å². The zero-order valence-corrected chi connectivity index (χ0v) is 17.9. The third kappa shape index (κ3) is 3.80. The first-order valence-electron chi connectivity index (χ1n) is 10.4. The van der Waals surface area contributed by atoms with Crippen molar-refractivity contribution in [1.29, 1.82) is 0 Å². The van der Waals surface area contributed by atoms with Gasteiger partial charge >= 0.3 is 0 Å². The fraction of sp³-hybridized carbons (Fsp3) is 0.318. The lowest BCUT2D eigenvalue weighted by Crippen LogP contribution is -2.03. The van der Waals surface area contributed by atoms with Gasteiger partial charge in [0, 0.05) is 30.4 Å². The van der Waals surface area contributed by atoms with Crippen LogP contribution in [0.15, 0.2) is 28.7 Å². The quantitative estimate of drug-likeness (QED) is 0.386. The molecule has 9 nitrogen and oxygen atoms in total. The summed E-state index contributed by atoms with van der Waals surface area (Å²) in [5.74, 6) is 2.51. The summed E-state index contributed by atoms with van der Waals surface area (Å²) in [5.41, 5.74) is 10.7. The second-order valence-corrected chi connectivity index (χ2v) is 8.33. The van der Waals surface area contributed by atoms with Crippen LogP contribution in [0.2, 0.25) is 5.02 Å². The van der Waals surface area contributed by atoms with Gasteiger partial charge in [0.05, 0.1) is 17.1 Å². The van der Waals surface area contributed by atoms with Crippen LogP contribution in [0.3, 0.4) is 0 Å². The van der Waals surface area contributed by atoms with Crippen molar-refractivity contribution < 1.29 is 19.1 Å². The van der Waals surface area contributed by atoms with Crippen molar-refractivity contribution in [3.8, 4) is 17.1 Å². The van der Waals surface area contributed by atoms with Crippen LogP contribution < -0.4 is 15.8 Å². The molecule has 2 aromatic heterocycles. The van der Waals surface area contributed by atoms with E-state index in [2.05, 4.69) is 27.0 Å². The van der Waals surface area contributed by atoms with E-state index in [4.69, 9.17) is 41.4 Å². The van der Waals surface area contributed by atoms with E-state index in [1.54, 1.807) is 0 Å². The van der Waals surface area contributed by atoms with Gasteiger partial charge < -0.3 is 29.9 Å². The maximum absolute atomic E-state index is 8.36. The molecular weight excluding hydrogens is 434 g/mol. The van der Waals surface area contributed by atoms with Crippen molar-refractivity contribution in [1.82, 2.24) is 14.5 Å². The van der Waals surface area contributed by atoms with E-state index < -0.39 is 0 Å². The van der Waals surface area contributed by atoms with E-state index in [0.29, 0.717) is 22.7 Å². The first-order valence-corrected chi connectivity index (χ1v) is 10.8. The lowest BCUT2D eigenvalue weighted by molar-refractivity contribution is -0.122. The summed E-state index contributed by atoms with van der Waals surface area (Å²) in [6.07, 6.45) is 3.53. The maximum atomic E-state index is 8.36. The van der Waals surface area contributed by atoms with Gasteiger partial charge in [-0.05, 0) is 43.4 Å². The third-order valence-corrected chi connectivity index (χ3v) is 5.88. The molecule has 4 aromatic rings. The smallest absolute Gasteiger partial charge is 0.293 e. The highest BCUT2D eigenvalue weighted by Gasteiger charge is 2.23. The van der Waals surface area contributed by atoms with E-state index in [1.165, 1.54) is 12.8 Å². The number of ether oxygens (including phenoxy) is 1. The number of hydrogen-bond donors (Lipinski definition) is 3. The van der Waals surface area contributed by atoms with Crippen molar-refractivity contribution in [2.24, 2.45) is 5.92 Å². The Bertz CT molecular complexity index is 1310. The number of oxazole rings is 1. The Morgan fingerprint density at radius 3 is 2.84 bits per heavy atom. The van der Waals surface area contributed by atoms with Gasteiger partial charge in [0.2, 0.25) is 0 Å². The molecule has 0 radical (unpaired) electrons. The predicted molar refractivity (Wildman–Crippen MR) is 122 cm³/mol. The van der Waals surface area contributed by atoms with Crippen LogP contribution in [-0.4, -0.2) is 39.3 Å². The third-order valence-electron chi connectivity index (χ3n) is 5.60. The largest absolute Gasteiger partial charge is 0.491 e. The highest BCUT2D eigenvalue weighted by Crippen LogP contribution is 2.38. The number of nitrogens with two attached hydrogens (primary N) is 1. The number of imidazole rings is 1. The Kier molecular flexibility index (Phi) is 5.26. The average molecular weight is 456 g/mol. The molecule has 0 atom stereocenters. The monoisotopic (exact) mass is 455 g/mol. The molecule has 3 heterocycles. The number of carbonyl (C=O) groups is 1. The number of nitrogens with one attached hydrogen (secondary N) is 1. The summed E-state index contributed by atoms with van der Waals surface area (Å²) in [6, 6.07) is 8.07. The highest BCUT2D eigenvalue weighted by atomic mass is 35.5. The SMILES string of the molecule is Nc1nc2cc(-c3nc4cc(NCC5CC5)cc5c4n3CCCO5)cc(Cl)c2o1.O=CO. The van der Waals surface area contributed by atoms with Crippen molar-refractivity contribution in [3.05, 3.63) is 29.3 Å². The summed E-state index contributed by atoms with van der Waals surface area (Å²) in [6.45, 7) is 2.25. The number of nitrogens with zero attached hydrogens (tertiary/aromatic N) is 3. The molecule has 32 heavy (non-hydrogen) atoms. The van der Waals surface area contributed by atoms with Gasteiger partial charge in [-0.1, -0.05) is 11.6 Å². The molecule has 1 aliphatic carbocycles. The summed E-state index contributed by atoms with van der Waals surface area (Å²) in [7, 11) is 0. The van der Waals surface area contributed by atoms with Gasteiger partial charge in [0.25, 0.3) is 12.5 Å². The van der Waals surface area contributed by atoms with Gasteiger partial charge in [0.1, 0.15) is 22.6 Å². The Morgan fingerprint density at radius 1 is 1.25 bits per heavy atom. The molecule has 0 saturated heterocycles. The minimum atomic E-state index is -0.250. The summed E-state index contributed by atoms with van der Waals surface area (Å²) in [4.78, 5) is 17.5. The van der Waals surface area contributed by atoms with Crippen LogP contribution in [0.1, 0.15) is 19.3 Å². The second kappa shape index (κ2) is 8.23. The molecule has 0 spiro atoms. The van der Waals surface area contributed by atoms with Gasteiger partial charge in [-0.25, -0.2) is 4.98 Å². The summed E-state index contributed by atoms with van der Waals surface area (Å²) in [5, 5.41) is 10.9. The number of hydrogen-bond acceptors (Lipinski definition) is 7. The molecule has 0 bridgehead atoms. The normalized spacial score (nSPS) is 15.0. The number of halogens is 1. The number of rotatable bonds is 4. The lowest BCUT2D eigenvalue weighted by Gasteiger charge is -2.10. The molecule has 1 aliphatic heterocycles. The number of fused-ring (bicyclic) bond motifs is 1. The Balaban J connectivity index is 0.000000684. The van der Waals surface area contributed by atoms with Crippen molar-refractivity contribution in [2.45, 2.75) is 25.8 Å². The number of anilines is 2. The van der Waals surface area contributed by atoms with Gasteiger partial charge in [-0.2, -0.15) is 4.98 Å². The molecule has 0 unspecified atom stereocenters. The van der Waals surface area contributed by atoms with E-state index in [-0.39, 0.29) is 12.5 Å². The Labute approximate surface area is 188 Å². The Morgan fingerprint density at radius 2 is 2.06 bits per heavy atom. The molecule has 1 saturated carbocycles. The summed E-state index contributed by atoms with van der Waals surface area (Å²) < 4.78 is 13.7. The van der Waals surface area contributed by atoms with E-state index >= 15 is 0 Å². The van der Waals surface area contributed by atoms with Crippen LogP contribution in [0.4, 0.5) is 11.7 Å². The molecule has 166 valence electrons. The first-order chi connectivity index (χ1) is 15.6. The topological polar surface area (TPSA) is 128 Å². The van der Waals surface area contributed by atoms with E-state index in [9.17, 15) is 0 Å². The molecule has 1 fully saturated rings. The minimum absolute atomic E-state index is 0.104. The van der Waals surface area contributed by atoms with Crippen LogP contribution in [0, 0.1) is 5.92 Å². The van der Waals surface area contributed by atoms with Crippen LogP contribution in [0.25, 0.3) is 33.5 Å². The molecule has 10 heteroatoms. The fourth-order valence-electron chi connectivity index (χ4n) is 4.01. The Hall–Kier alpha value is -3.46. The molecule has 6 rings (SSSR count). The van der Waals surface area contributed by atoms with Crippen molar-refractivity contribution >= 4 is 51.9 Å². The lowest BCUT2D eigenvalue weighted by atomic mass is 10.2. The number of aryl methyl sites for hydroxylation is 1. The average Bonchev–Trinajstić information content (AvgIpc) is 3.46. The van der Waals surface area contributed by atoms with Crippen LogP contribution in [0.5, 0.6) is 5.75 Å². The van der Waals surface area contributed by atoms with Crippen molar-refractivity contribution in [2.75, 3.05) is 24.2 Å². The number of aromatic nitrogens is 3. The molecule has 2 aromatic carbocycles. The van der Waals surface area contributed by atoms with Crippen molar-refractivity contribution in [3.63, 3.8) is 0 Å². The zero-order chi connectivity index (χ0) is 22.2. The predicted octanol–water partition coefficient (Wildman–Crippen LogP) is 4.39. The minimum Gasteiger partial charge on any atom is -0.491 e.